The Bertz CT molecular complexity index is 873. The van der Waals surface area contributed by atoms with Gasteiger partial charge in [0.25, 0.3) is 0 Å². The van der Waals surface area contributed by atoms with E-state index in [4.69, 9.17) is 14.2 Å². The SMILES string of the molecule is COC(=O)c1ccc2c(n1)OC[C@H]1CN(C(=O)OCc3ccccc3)CCN21. The molecule has 0 unspecified atom stereocenters. The van der Waals surface area contributed by atoms with Crippen LogP contribution in [0, 0.1) is 0 Å². The Balaban J connectivity index is 1.39. The summed E-state index contributed by atoms with van der Waals surface area (Å²) in [4.78, 5) is 32.2. The van der Waals surface area contributed by atoms with Crippen molar-refractivity contribution in [1.29, 1.82) is 0 Å². The summed E-state index contributed by atoms with van der Waals surface area (Å²) >= 11 is 0. The molecule has 1 amide bonds. The van der Waals surface area contributed by atoms with Crippen molar-refractivity contribution in [3.63, 3.8) is 0 Å². The van der Waals surface area contributed by atoms with E-state index in [1.807, 2.05) is 36.4 Å². The molecule has 8 nitrogen and oxygen atoms in total. The zero-order chi connectivity index (χ0) is 19.5. The number of fused-ring (bicyclic) bond motifs is 3. The molecule has 2 aromatic rings. The summed E-state index contributed by atoms with van der Waals surface area (Å²) < 4.78 is 15.9. The highest BCUT2D eigenvalue weighted by atomic mass is 16.6. The molecule has 1 aromatic heterocycles. The third kappa shape index (κ3) is 3.58. The van der Waals surface area contributed by atoms with Gasteiger partial charge in [-0.25, -0.2) is 14.6 Å². The maximum Gasteiger partial charge on any atom is 0.410 e. The van der Waals surface area contributed by atoms with Crippen LogP contribution >= 0.6 is 0 Å². The number of amides is 1. The molecule has 0 N–H and O–H groups in total. The zero-order valence-electron chi connectivity index (χ0n) is 15.5. The number of esters is 1. The summed E-state index contributed by atoms with van der Waals surface area (Å²) in [6, 6.07) is 13.0. The fourth-order valence-corrected chi connectivity index (χ4v) is 3.44. The van der Waals surface area contributed by atoms with Crippen molar-refractivity contribution in [3.8, 4) is 5.88 Å². The van der Waals surface area contributed by atoms with Gasteiger partial charge in [-0.1, -0.05) is 30.3 Å². The lowest BCUT2D eigenvalue weighted by molar-refractivity contribution is 0.0590. The van der Waals surface area contributed by atoms with Gasteiger partial charge in [-0.3, -0.25) is 0 Å². The van der Waals surface area contributed by atoms with Gasteiger partial charge in [-0.15, -0.1) is 0 Å². The minimum atomic E-state index is -0.500. The third-order valence-electron chi connectivity index (χ3n) is 4.90. The molecule has 2 aliphatic rings. The number of hydrogen-bond donors (Lipinski definition) is 0. The number of methoxy groups -OCH3 is 1. The predicted molar refractivity (Wildman–Crippen MR) is 100 cm³/mol. The Kier molecular flexibility index (Phi) is 5.01. The summed E-state index contributed by atoms with van der Waals surface area (Å²) in [5, 5.41) is 0. The van der Waals surface area contributed by atoms with Gasteiger partial charge < -0.3 is 24.0 Å². The predicted octanol–water partition coefficient (Wildman–Crippen LogP) is 2.09. The van der Waals surface area contributed by atoms with Crippen molar-refractivity contribution >= 4 is 17.7 Å². The summed E-state index contributed by atoms with van der Waals surface area (Å²) in [5.41, 5.74) is 1.99. The van der Waals surface area contributed by atoms with Gasteiger partial charge in [0.15, 0.2) is 5.69 Å². The van der Waals surface area contributed by atoms with Crippen molar-refractivity contribution in [3.05, 3.63) is 53.7 Å². The number of carbonyl (C=O) groups is 2. The fraction of sp³-hybridized carbons (Fsp3) is 0.350. The number of anilines is 1. The smallest absolute Gasteiger partial charge is 0.410 e. The van der Waals surface area contributed by atoms with Crippen LogP contribution in [-0.4, -0.2) is 61.3 Å². The van der Waals surface area contributed by atoms with Crippen molar-refractivity contribution in [1.82, 2.24) is 9.88 Å². The second-order valence-electron chi connectivity index (χ2n) is 6.66. The number of benzene rings is 1. The van der Waals surface area contributed by atoms with Gasteiger partial charge in [-0.2, -0.15) is 0 Å². The molecular formula is C20H21N3O5. The number of rotatable bonds is 3. The van der Waals surface area contributed by atoms with E-state index in [2.05, 4.69) is 9.88 Å². The van der Waals surface area contributed by atoms with Crippen LogP contribution in [0.4, 0.5) is 10.5 Å². The average molecular weight is 383 g/mol. The second kappa shape index (κ2) is 7.75. The first kappa shape index (κ1) is 18.1. The van der Waals surface area contributed by atoms with Crippen molar-refractivity contribution in [2.75, 3.05) is 38.3 Å². The maximum absolute atomic E-state index is 12.4. The molecule has 4 rings (SSSR count). The first-order valence-electron chi connectivity index (χ1n) is 9.10. The standard InChI is InChI=1S/C20H21N3O5/c1-26-19(24)16-7-8-17-18(21-16)27-13-15-11-22(9-10-23(15)17)20(25)28-12-14-5-3-2-4-6-14/h2-8,15H,9-13H2,1H3/t15-/m1/s1. The van der Waals surface area contributed by atoms with Crippen LogP contribution in [0.1, 0.15) is 16.1 Å². The van der Waals surface area contributed by atoms with Crippen LogP contribution in [0.3, 0.4) is 0 Å². The van der Waals surface area contributed by atoms with Crippen LogP contribution in [0.25, 0.3) is 0 Å². The van der Waals surface area contributed by atoms with Gasteiger partial charge in [0.05, 0.1) is 13.2 Å². The number of aromatic nitrogens is 1. The Morgan fingerprint density at radius 3 is 2.79 bits per heavy atom. The third-order valence-corrected chi connectivity index (χ3v) is 4.90. The molecule has 1 aromatic carbocycles. The molecule has 2 aliphatic heterocycles. The normalized spacial score (nSPS) is 17.8. The molecule has 8 heteroatoms. The van der Waals surface area contributed by atoms with Crippen molar-refractivity contribution in [2.24, 2.45) is 0 Å². The van der Waals surface area contributed by atoms with Crippen LogP contribution in [-0.2, 0) is 16.1 Å². The Hall–Kier alpha value is -3.29. The van der Waals surface area contributed by atoms with E-state index in [1.165, 1.54) is 7.11 Å². The molecule has 0 radical (unpaired) electrons. The number of ether oxygens (including phenoxy) is 3. The van der Waals surface area contributed by atoms with Gasteiger partial charge in [-0.05, 0) is 17.7 Å². The van der Waals surface area contributed by atoms with E-state index in [1.54, 1.807) is 11.0 Å². The highest BCUT2D eigenvalue weighted by Gasteiger charge is 2.36. The highest BCUT2D eigenvalue weighted by molar-refractivity contribution is 5.88. The van der Waals surface area contributed by atoms with Gasteiger partial charge in [0, 0.05) is 19.6 Å². The molecule has 0 spiro atoms. The van der Waals surface area contributed by atoms with E-state index < -0.39 is 5.97 Å². The lowest BCUT2D eigenvalue weighted by Crippen LogP contribution is -2.58. The molecule has 0 aliphatic carbocycles. The van der Waals surface area contributed by atoms with Crippen molar-refractivity contribution < 1.29 is 23.8 Å². The molecule has 1 atom stereocenters. The summed E-state index contributed by atoms with van der Waals surface area (Å²) in [5.74, 6) is -0.0845. The van der Waals surface area contributed by atoms with E-state index in [0.717, 1.165) is 11.3 Å². The summed E-state index contributed by atoms with van der Waals surface area (Å²) in [6.45, 7) is 2.33. The number of pyridine rings is 1. The Morgan fingerprint density at radius 2 is 2.00 bits per heavy atom. The topological polar surface area (TPSA) is 81.2 Å². The second-order valence-corrected chi connectivity index (χ2v) is 6.66. The lowest BCUT2D eigenvalue weighted by atomic mass is 10.1. The van der Waals surface area contributed by atoms with Crippen LogP contribution in [0.15, 0.2) is 42.5 Å². The molecule has 1 fully saturated rings. The van der Waals surface area contributed by atoms with E-state index in [0.29, 0.717) is 32.1 Å². The zero-order valence-corrected chi connectivity index (χ0v) is 15.5. The summed E-state index contributed by atoms with van der Waals surface area (Å²) in [6.07, 6.45) is -0.325. The largest absolute Gasteiger partial charge is 0.474 e. The number of piperazine rings is 1. The molecule has 1 saturated heterocycles. The molecular weight excluding hydrogens is 362 g/mol. The number of hydrogen-bond acceptors (Lipinski definition) is 7. The minimum absolute atomic E-state index is 0.0105. The van der Waals surface area contributed by atoms with Gasteiger partial charge in [0.2, 0.25) is 5.88 Å². The number of nitrogens with zero attached hydrogens (tertiary/aromatic N) is 3. The first-order valence-corrected chi connectivity index (χ1v) is 9.10. The first-order chi connectivity index (χ1) is 13.7. The van der Waals surface area contributed by atoms with Gasteiger partial charge >= 0.3 is 12.1 Å². The van der Waals surface area contributed by atoms with Crippen LogP contribution in [0.5, 0.6) is 5.88 Å². The lowest BCUT2D eigenvalue weighted by Gasteiger charge is -2.44. The molecule has 28 heavy (non-hydrogen) atoms. The Morgan fingerprint density at radius 1 is 1.18 bits per heavy atom. The van der Waals surface area contributed by atoms with E-state index >= 15 is 0 Å². The quantitative estimate of drug-likeness (QED) is 0.751. The molecule has 3 heterocycles. The van der Waals surface area contributed by atoms with E-state index in [9.17, 15) is 9.59 Å². The maximum atomic E-state index is 12.4. The highest BCUT2D eigenvalue weighted by Crippen LogP contribution is 2.34. The van der Waals surface area contributed by atoms with Gasteiger partial charge in [0.1, 0.15) is 18.9 Å². The Labute approximate surface area is 162 Å². The number of carbonyl (C=O) groups excluding carboxylic acids is 2. The van der Waals surface area contributed by atoms with Crippen LogP contribution in [0.2, 0.25) is 0 Å². The van der Waals surface area contributed by atoms with Crippen molar-refractivity contribution in [2.45, 2.75) is 12.6 Å². The molecule has 0 bridgehead atoms. The monoisotopic (exact) mass is 383 g/mol. The fourth-order valence-electron chi connectivity index (χ4n) is 3.44. The molecule has 0 saturated carbocycles. The average Bonchev–Trinajstić information content (AvgIpc) is 2.76. The van der Waals surface area contributed by atoms with Crippen LogP contribution < -0.4 is 9.64 Å². The summed E-state index contributed by atoms with van der Waals surface area (Å²) in [7, 11) is 1.32. The van der Waals surface area contributed by atoms with E-state index in [-0.39, 0.29) is 24.4 Å². The molecule has 146 valence electrons. The minimum Gasteiger partial charge on any atom is -0.474 e.